The average molecular weight is 206 g/mol. The van der Waals surface area contributed by atoms with Crippen LogP contribution in [0.1, 0.15) is 22.3 Å². The third kappa shape index (κ3) is 1.61. The van der Waals surface area contributed by atoms with Crippen LogP contribution in [0, 0.1) is 5.95 Å². The maximum absolute atomic E-state index is 12.6. The number of pyridine rings is 1. The zero-order chi connectivity index (χ0) is 10.9. The third-order valence-electron chi connectivity index (χ3n) is 1.56. The molecule has 7 heteroatoms. The van der Waals surface area contributed by atoms with E-state index >= 15 is 0 Å². The van der Waals surface area contributed by atoms with E-state index in [1.54, 1.807) is 0 Å². The minimum atomic E-state index is -3.15. The summed E-state index contributed by atoms with van der Waals surface area (Å²) < 4.78 is 37.2. The van der Waals surface area contributed by atoms with Gasteiger partial charge in [-0.15, -0.1) is 0 Å². The highest BCUT2D eigenvalue weighted by atomic mass is 19.3. The van der Waals surface area contributed by atoms with E-state index in [-0.39, 0.29) is 0 Å². The van der Waals surface area contributed by atoms with Crippen molar-refractivity contribution < 1.29 is 23.1 Å². The summed E-state index contributed by atoms with van der Waals surface area (Å²) in [5.74, 6) is -2.93. The van der Waals surface area contributed by atoms with Gasteiger partial charge in [0.2, 0.25) is 5.95 Å². The Kier molecular flexibility index (Phi) is 2.59. The molecule has 0 spiro atoms. The molecule has 1 heterocycles. The van der Waals surface area contributed by atoms with Gasteiger partial charge in [-0.25, -0.2) is 18.6 Å². The molecular formula is C7H5F3N2O2. The van der Waals surface area contributed by atoms with Gasteiger partial charge in [0.1, 0.15) is 0 Å². The van der Waals surface area contributed by atoms with Crippen LogP contribution >= 0.6 is 0 Å². The summed E-state index contributed by atoms with van der Waals surface area (Å²) >= 11 is 0. The number of nitrogen functional groups attached to an aromatic ring is 1. The van der Waals surface area contributed by atoms with E-state index in [2.05, 4.69) is 4.98 Å². The number of aromatic carboxylic acids is 1. The zero-order valence-corrected chi connectivity index (χ0v) is 6.67. The molecule has 0 aliphatic rings. The molecule has 1 rings (SSSR count). The van der Waals surface area contributed by atoms with Crippen LogP contribution in [0.3, 0.4) is 0 Å². The topological polar surface area (TPSA) is 76.2 Å². The summed E-state index contributed by atoms with van der Waals surface area (Å²) in [7, 11) is 0. The third-order valence-corrected chi connectivity index (χ3v) is 1.56. The van der Waals surface area contributed by atoms with Crippen LogP contribution in [0.2, 0.25) is 0 Å². The minimum absolute atomic E-state index is 0.509. The molecular weight excluding hydrogens is 201 g/mol. The number of nitrogens with zero attached hydrogens (tertiary/aromatic N) is 1. The molecule has 0 aliphatic carbocycles. The van der Waals surface area contributed by atoms with E-state index in [9.17, 15) is 18.0 Å². The number of carboxylic acid groups (broad SMARTS) is 1. The SMILES string of the molecule is Nc1c(F)ncc(C(=O)O)c1C(F)F. The lowest BCUT2D eigenvalue weighted by molar-refractivity contribution is 0.0684. The fraction of sp³-hybridized carbons (Fsp3) is 0.143. The summed E-state index contributed by atoms with van der Waals surface area (Å²) in [6.07, 6.45) is -2.64. The van der Waals surface area contributed by atoms with Crippen molar-refractivity contribution in [1.82, 2.24) is 4.98 Å². The number of nitrogens with two attached hydrogens (primary N) is 1. The molecule has 0 atom stereocenters. The first-order valence-corrected chi connectivity index (χ1v) is 3.40. The maximum atomic E-state index is 12.6. The van der Waals surface area contributed by atoms with Crippen molar-refractivity contribution in [2.24, 2.45) is 0 Å². The Morgan fingerprint density at radius 3 is 2.57 bits per heavy atom. The van der Waals surface area contributed by atoms with Gasteiger partial charge in [-0.2, -0.15) is 4.39 Å². The second-order valence-electron chi connectivity index (χ2n) is 2.40. The molecule has 0 amide bonds. The number of alkyl halides is 2. The molecule has 4 nitrogen and oxygen atoms in total. The van der Waals surface area contributed by atoms with Crippen LogP contribution in [-0.4, -0.2) is 16.1 Å². The van der Waals surface area contributed by atoms with Crippen LogP contribution in [0.25, 0.3) is 0 Å². The van der Waals surface area contributed by atoms with Gasteiger partial charge in [0, 0.05) is 6.20 Å². The van der Waals surface area contributed by atoms with Gasteiger partial charge in [-0.1, -0.05) is 0 Å². The lowest BCUT2D eigenvalue weighted by atomic mass is 10.1. The molecule has 76 valence electrons. The molecule has 0 saturated heterocycles. The van der Waals surface area contributed by atoms with Crippen molar-refractivity contribution in [3.05, 3.63) is 23.3 Å². The van der Waals surface area contributed by atoms with Gasteiger partial charge in [-0.3, -0.25) is 0 Å². The Hall–Kier alpha value is -1.79. The van der Waals surface area contributed by atoms with E-state index in [0.717, 1.165) is 0 Å². The Morgan fingerprint density at radius 1 is 1.57 bits per heavy atom. The van der Waals surface area contributed by atoms with E-state index in [0.29, 0.717) is 6.20 Å². The van der Waals surface area contributed by atoms with Crippen molar-refractivity contribution >= 4 is 11.7 Å². The van der Waals surface area contributed by atoms with Gasteiger partial charge < -0.3 is 10.8 Å². The number of rotatable bonds is 2. The molecule has 0 aliphatic heterocycles. The lowest BCUT2D eigenvalue weighted by Gasteiger charge is -2.07. The second-order valence-corrected chi connectivity index (χ2v) is 2.40. The molecule has 3 N–H and O–H groups in total. The van der Waals surface area contributed by atoms with Crippen molar-refractivity contribution in [3.8, 4) is 0 Å². The summed E-state index contributed by atoms with van der Waals surface area (Å²) in [4.78, 5) is 13.4. The molecule has 0 fully saturated rings. The maximum Gasteiger partial charge on any atom is 0.337 e. The first-order chi connectivity index (χ1) is 6.45. The Balaban J connectivity index is 3.45. The summed E-state index contributed by atoms with van der Waals surface area (Å²) in [6.45, 7) is 0. The predicted octanol–water partition coefficient (Wildman–Crippen LogP) is 1.44. The minimum Gasteiger partial charge on any atom is -0.478 e. The van der Waals surface area contributed by atoms with Gasteiger partial charge >= 0.3 is 5.97 Å². The largest absolute Gasteiger partial charge is 0.478 e. The zero-order valence-electron chi connectivity index (χ0n) is 6.67. The monoisotopic (exact) mass is 206 g/mol. The number of hydrogen-bond donors (Lipinski definition) is 2. The summed E-state index contributed by atoms with van der Waals surface area (Å²) in [5.41, 5.74) is 2.18. The predicted molar refractivity (Wildman–Crippen MR) is 40.5 cm³/mol. The van der Waals surface area contributed by atoms with E-state index in [1.807, 2.05) is 0 Å². The van der Waals surface area contributed by atoms with Crippen molar-refractivity contribution in [3.63, 3.8) is 0 Å². The fourth-order valence-electron chi connectivity index (χ4n) is 0.922. The number of hydrogen-bond acceptors (Lipinski definition) is 3. The Bertz CT molecular complexity index is 381. The van der Waals surface area contributed by atoms with Gasteiger partial charge in [0.15, 0.2) is 0 Å². The van der Waals surface area contributed by atoms with Crippen molar-refractivity contribution in [2.75, 3.05) is 5.73 Å². The van der Waals surface area contributed by atoms with Gasteiger partial charge in [-0.05, 0) is 0 Å². The van der Waals surface area contributed by atoms with Gasteiger partial charge in [0.05, 0.1) is 16.8 Å². The van der Waals surface area contributed by atoms with Crippen molar-refractivity contribution in [1.29, 1.82) is 0 Å². The van der Waals surface area contributed by atoms with Crippen LogP contribution in [-0.2, 0) is 0 Å². The standard InChI is InChI=1S/C7H5F3N2O2/c8-5(9)3-2(7(13)14)1-12-6(10)4(3)11/h1,5H,11H2,(H,13,14). The van der Waals surface area contributed by atoms with E-state index < -0.39 is 35.2 Å². The molecule has 1 aromatic rings. The first-order valence-electron chi connectivity index (χ1n) is 3.40. The molecule has 0 bridgehead atoms. The van der Waals surface area contributed by atoms with Crippen LogP contribution < -0.4 is 5.73 Å². The Labute approximate surface area is 76.2 Å². The quantitative estimate of drug-likeness (QED) is 0.717. The van der Waals surface area contributed by atoms with Crippen LogP contribution in [0.5, 0.6) is 0 Å². The number of aromatic nitrogens is 1. The Morgan fingerprint density at radius 2 is 2.14 bits per heavy atom. The van der Waals surface area contributed by atoms with Crippen LogP contribution in [0.15, 0.2) is 6.20 Å². The highest BCUT2D eigenvalue weighted by Gasteiger charge is 2.23. The average Bonchev–Trinajstić information content (AvgIpc) is 2.08. The van der Waals surface area contributed by atoms with Crippen LogP contribution in [0.4, 0.5) is 18.9 Å². The number of carboxylic acids is 1. The molecule has 14 heavy (non-hydrogen) atoms. The number of anilines is 1. The molecule has 0 saturated carbocycles. The van der Waals surface area contributed by atoms with E-state index in [1.165, 1.54) is 0 Å². The first kappa shape index (κ1) is 10.3. The second kappa shape index (κ2) is 3.52. The highest BCUT2D eigenvalue weighted by Crippen LogP contribution is 2.29. The summed E-state index contributed by atoms with van der Waals surface area (Å²) in [5, 5.41) is 8.48. The molecule has 1 aromatic heterocycles. The number of halogens is 3. The van der Waals surface area contributed by atoms with E-state index in [4.69, 9.17) is 10.8 Å². The fourth-order valence-corrected chi connectivity index (χ4v) is 0.922. The summed E-state index contributed by atoms with van der Waals surface area (Å²) in [6, 6.07) is 0. The molecule has 0 unspecified atom stereocenters. The molecule has 0 radical (unpaired) electrons. The number of carbonyl (C=O) groups is 1. The molecule has 0 aromatic carbocycles. The smallest absolute Gasteiger partial charge is 0.337 e. The van der Waals surface area contributed by atoms with Crippen molar-refractivity contribution in [2.45, 2.75) is 6.43 Å². The van der Waals surface area contributed by atoms with Gasteiger partial charge in [0.25, 0.3) is 6.43 Å². The normalized spacial score (nSPS) is 10.6. The lowest BCUT2D eigenvalue weighted by Crippen LogP contribution is -2.09. The highest BCUT2D eigenvalue weighted by molar-refractivity contribution is 5.90.